The molecular weight excluding hydrogens is 354 g/mol. The fourth-order valence-corrected chi connectivity index (χ4v) is 3.87. The molecule has 0 saturated carbocycles. The van der Waals surface area contributed by atoms with Crippen LogP contribution in [-0.2, 0) is 4.74 Å². The summed E-state index contributed by atoms with van der Waals surface area (Å²) in [5.74, 6) is 1.35. The Balaban J connectivity index is 1.29. The Bertz CT molecular complexity index is 1000. The van der Waals surface area contributed by atoms with Crippen LogP contribution in [0, 0.1) is 0 Å². The Morgan fingerprint density at radius 1 is 0.893 bits per heavy atom. The van der Waals surface area contributed by atoms with Crippen molar-refractivity contribution in [3.05, 3.63) is 77.9 Å². The van der Waals surface area contributed by atoms with Crippen molar-refractivity contribution in [2.75, 3.05) is 25.1 Å². The van der Waals surface area contributed by atoms with Crippen molar-refractivity contribution in [3.8, 4) is 22.6 Å². The molecule has 0 radical (unpaired) electrons. The highest BCUT2D eigenvalue weighted by atomic mass is 16.6. The first-order valence-electron chi connectivity index (χ1n) is 9.31. The maximum absolute atomic E-state index is 12.4. The van der Waals surface area contributed by atoms with Gasteiger partial charge in [-0.25, -0.2) is 4.79 Å². The minimum Gasteiger partial charge on any atom is -0.486 e. The number of hydrogen-bond acceptors (Lipinski definition) is 4. The molecule has 2 aliphatic rings. The second-order valence-electron chi connectivity index (χ2n) is 6.81. The Labute approximate surface area is 162 Å². The average molecular weight is 373 g/mol. The molecule has 5 nitrogen and oxygen atoms in total. The number of amides is 1. The van der Waals surface area contributed by atoms with Gasteiger partial charge in [0, 0.05) is 17.7 Å². The van der Waals surface area contributed by atoms with Crippen molar-refractivity contribution in [2.24, 2.45) is 0 Å². The molecule has 0 spiro atoms. The number of fused-ring (bicyclic) bond motifs is 4. The van der Waals surface area contributed by atoms with Gasteiger partial charge < -0.3 is 14.2 Å². The Kier molecular flexibility index (Phi) is 4.13. The van der Waals surface area contributed by atoms with Crippen molar-refractivity contribution in [1.82, 2.24) is 0 Å². The van der Waals surface area contributed by atoms with Crippen molar-refractivity contribution < 1.29 is 19.0 Å². The molecule has 0 atom stereocenters. The quantitative estimate of drug-likeness (QED) is 0.715. The smallest absolute Gasteiger partial charge is 0.411 e. The molecule has 0 saturated heterocycles. The first-order valence-corrected chi connectivity index (χ1v) is 9.31. The highest BCUT2D eigenvalue weighted by Crippen LogP contribution is 2.44. The van der Waals surface area contributed by atoms with E-state index >= 15 is 0 Å². The first-order chi connectivity index (χ1) is 13.8. The Hall–Kier alpha value is -3.47. The normalized spacial score (nSPS) is 14.1. The van der Waals surface area contributed by atoms with Gasteiger partial charge in [0.25, 0.3) is 0 Å². The minimum atomic E-state index is -0.487. The van der Waals surface area contributed by atoms with Gasteiger partial charge in [0.05, 0.1) is 0 Å². The summed E-state index contributed by atoms with van der Waals surface area (Å²) in [5.41, 5.74) is 5.41. The van der Waals surface area contributed by atoms with E-state index in [0.29, 0.717) is 30.4 Å². The third kappa shape index (κ3) is 2.95. The van der Waals surface area contributed by atoms with E-state index < -0.39 is 6.09 Å². The van der Waals surface area contributed by atoms with Crippen molar-refractivity contribution >= 4 is 11.8 Å². The summed E-state index contributed by atoms with van der Waals surface area (Å²) in [5, 5.41) is 2.77. The molecule has 140 valence electrons. The van der Waals surface area contributed by atoms with Crippen LogP contribution in [-0.4, -0.2) is 25.9 Å². The topological polar surface area (TPSA) is 56.8 Å². The number of hydrogen-bond donors (Lipinski definition) is 1. The molecule has 0 bridgehead atoms. The first kappa shape index (κ1) is 16.7. The molecule has 5 heteroatoms. The molecule has 0 aromatic heterocycles. The lowest BCUT2D eigenvalue weighted by molar-refractivity contribution is 0.158. The number of carbonyl (C=O) groups excluding carboxylic acids is 1. The number of ether oxygens (including phenoxy) is 3. The summed E-state index contributed by atoms with van der Waals surface area (Å²) < 4.78 is 16.6. The van der Waals surface area contributed by atoms with Gasteiger partial charge in [0.15, 0.2) is 11.5 Å². The largest absolute Gasteiger partial charge is 0.486 e. The highest BCUT2D eigenvalue weighted by molar-refractivity contribution is 5.85. The molecule has 5 rings (SSSR count). The van der Waals surface area contributed by atoms with Gasteiger partial charge in [-0.3, -0.25) is 5.32 Å². The Morgan fingerprint density at radius 2 is 1.54 bits per heavy atom. The van der Waals surface area contributed by atoms with E-state index in [9.17, 15) is 4.79 Å². The fraction of sp³-hybridized carbons (Fsp3) is 0.174. The van der Waals surface area contributed by atoms with Crippen molar-refractivity contribution in [1.29, 1.82) is 0 Å². The zero-order valence-electron chi connectivity index (χ0n) is 15.2. The average Bonchev–Trinajstić information content (AvgIpc) is 3.06. The molecule has 3 aromatic rings. The van der Waals surface area contributed by atoms with Crippen LogP contribution in [0.25, 0.3) is 11.1 Å². The summed E-state index contributed by atoms with van der Waals surface area (Å²) in [6.07, 6.45) is -0.487. The van der Waals surface area contributed by atoms with E-state index in [2.05, 4.69) is 29.6 Å². The second-order valence-corrected chi connectivity index (χ2v) is 6.81. The third-order valence-electron chi connectivity index (χ3n) is 5.13. The number of rotatable bonds is 3. The number of nitrogens with one attached hydrogen (secondary N) is 1. The van der Waals surface area contributed by atoms with Gasteiger partial charge in [-0.15, -0.1) is 0 Å². The summed E-state index contributed by atoms with van der Waals surface area (Å²) in [6, 6.07) is 21.8. The van der Waals surface area contributed by atoms with E-state index in [1.54, 1.807) is 18.2 Å². The second kappa shape index (κ2) is 6.93. The molecular formula is C23H19NO4. The standard InChI is InChI=1S/C23H19NO4/c25-23(24-15-9-10-21-22(13-15)27-12-11-26-21)28-14-20-18-7-3-1-5-16(18)17-6-2-4-8-19(17)20/h1-10,13,20H,11-12,14H2,(H,24,25). The molecule has 1 aliphatic heterocycles. The maximum atomic E-state index is 12.4. The number of anilines is 1. The minimum absolute atomic E-state index is 0.0402. The zero-order chi connectivity index (χ0) is 18.9. The lowest BCUT2D eigenvalue weighted by Gasteiger charge is -2.19. The third-order valence-corrected chi connectivity index (χ3v) is 5.13. The lowest BCUT2D eigenvalue weighted by Crippen LogP contribution is -2.19. The van der Waals surface area contributed by atoms with Crippen LogP contribution in [0.5, 0.6) is 11.5 Å². The predicted octanol–water partition coefficient (Wildman–Crippen LogP) is 4.82. The van der Waals surface area contributed by atoms with Crippen LogP contribution in [0.2, 0.25) is 0 Å². The monoisotopic (exact) mass is 373 g/mol. The van der Waals surface area contributed by atoms with Gasteiger partial charge in [0.2, 0.25) is 0 Å². The summed E-state index contributed by atoms with van der Waals surface area (Å²) in [4.78, 5) is 12.4. The van der Waals surface area contributed by atoms with E-state index in [1.165, 1.54) is 22.3 Å². The number of benzene rings is 3. The van der Waals surface area contributed by atoms with Crippen LogP contribution < -0.4 is 14.8 Å². The summed E-state index contributed by atoms with van der Waals surface area (Å²) in [6.45, 7) is 1.32. The van der Waals surface area contributed by atoms with Crippen LogP contribution in [0.1, 0.15) is 17.0 Å². The predicted molar refractivity (Wildman–Crippen MR) is 106 cm³/mol. The van der Waals surface area contributed by atoms with Gasteiger partial charge in [-0.05, 0) is 34.4 Å². The number of carbonyl (C=O) groups is 1. The van der Waals surface area contributed by atoms with Crippen LogP contribution in [0.3, 0.4) is 0 Å². The molecule has 1 heterocycles. The molecule has 0 fully saturated rings. The van der Waals surface area contributed by atoms with Gasteiger partial charge in [-0.1, -0.05) is 48.5 Å². The van der Waals surface area contributed by atoms with E-state index in [0.717, 1.165) is 0 Å². The lowest BCUT2D eigenvalue weighted by atomic mass is 9.98. The maximum Gasteiger partial charge on any atom is 0.411 e. The van der Waals surface area contributed by atoms with Gasteiger partial charge in [0.1, 0.15) is 19.8 Å². The SMILES string of the molecule is O=C(Nc1ccc2c(c1)OCCO2)OCC1c2ccccc2-c2ccccc21. The molecule has 1 N–H and O–H groups in total. The van der Waals surface area contributed by atoms with E-state index in [4.69, 9.17) is 14.2 Å². The van der Waals surface area contributed by atoms with Crippen LogP contribution in [0.15, 0.2) is 66.7 Å². The molecule has 0 unspecified atom stereocenters. The highest BCUT2D eigenvalue weighted by Gasteiger charge is 2.29. The zero-order valence-corrected chi connectivity index (χ0v) is 15.2. The van der Waals surface area contributed by atoms with Crippen molar-refractivity contribution in [3.63, 3.8) is 0 Å². The van der Waals surface area contributed by atoms with Gasteiger partial charge in [-0.2, -0.15) is 0 Å². The molecule has 28 heavy (non-hydrogen) atoms. The Morgan fingerprint density at radius 3 is 2.25 bits per heavy atom. The van der Waals surface area contributed by atoms with Gasteiger partial charge >= 0.3 is 6.09 Å². The summed E-state index contributed by atoms with van der Waals surface area (Å²) in [7, 11) is 0. The molecule has 1 aliphatic carbocycles. The van der Waals surface area contributed by atoms with Crippen LogP contribution >= 0.6 is 0 Å². The van der Waals surface area contributed by atoms with E-state index in [1.807, 2.05) is 24.3 Å². The summed E-state index contributed by atoms with van der Waals surface area (Å²) >= 11 is 0. The fourth-order valence-electron chi connectivity index (χ4n) is 3.87. The molecule has 1 amide bonds. The van der Waals surface area contributed by atoms with Crippen molar-refractivity contribution in [2.45, 2.75) is 5.92 Å². The van der Waals surface area contributed by atoms with E-state index in [-0.39, 0.29) is 12.5 Å². The van der Waals surface area contributed by atoms with Crippen LogP contribution in [0.4, 0.5) is 10.5 Å². The molecule has 3 aromatic carbocycles.